The Kier molecular flexibility index (Phi) is 4.53. The second-order valence-electron chi connectivity index (χ2n) is 6.90. The van der Waals surface area contributed by atoms with Crippen LogP contribution in [0.5, 0.6) is 0 Å². The van der Waals surface area contributed by atoms with Crippen LogP contribution in [-0.4, -0.2) is 40.7 Å². The Balaban J connectivity index is 1.49. The van der Waals surface area contributed by atoms with E-state index in [1.54, 1.807) is 7.05 Å². The number of aromatic nitrogens is 6. The van der Waals surface area contributed by atoms with E-state index in [-0.39, 0.29) is 23.6 Å². The lowest BCUT2D eigenvalue weighted by Gasteiger charge is -2.10. The molecule has 1 N–H and O–H groups in total. The Morgan fingerprint density at radius 3 is 2.69 bits per heavy atom. The highest BCUT2D eigenvalue weighted by atomic mass is 16.2. The molecule has 0 atom stereocenters. The average molecular weight is 395 g/mol. The molecule has 29 heavy (non-hydrogen) atoms. The zero-order valence-electron chi connectivity index (χ0n) is 16.4. The molecule has 0 aliphatic carbocycles. The molecule has 0 saturated carbocycles. The van der Waals surface area contributed by atoms with Crippen molar-refractivity contribution in [2.45, 2.75) is 20.0 Å². The Labute approximate surface area is 165 Å². The normalized spacial score (nSPS) is 11.4. The summed E-state index contributed by atoms with van der Waals surface area (Å²) in [5, 5.41) is 2.86. The summed E-state index contributed by atoms with van der Waals surface area (Å²) in [4.78, 5) is 45.5. The molecule has 0 radical (unpaired) electrons. The number of nitrogens with zero attached hydrogens (tertiary/aromatic N) is 6. The Morgan fingerprint density at radius 2 is 1.90 bits per heavy atom. The van der Waals surface area contributed by atoms with Gasteiger partial charge in [-0.3, -0.25) is 18.7 Å². The first-order valence-electron chi connectivity index (χ1n) is 9.18. The smallest absolute Gasteiger partial charge is 0.332 e. The fraction of sp³-hybridized carbons (Fsp3) is 0.316. The topological polar surface area (TPSA) is 109 Å². The molecule has 0 spiro atoms. The summed E-state index contributed by atoms with van der Waals surface area (Å²) in [6, 6.07) is 7.84. The predicted molar refractivity (Wildman–Crippen MR) is 108 cm³/mol. The summed E-state index contributed by atoms with van der Waals surface area (Å²) in [7, 11) is 2.94. The number of benzene rings is 1. The monoisotopic (exact) mass is 395 g/mol. The second-order valence-corrected chi connectivity index (χ2v) is 6.90. The van der Waals surface area contributed by atoms with E-state index in [0.29, 0.717) is 13.1 Å². The van der Waals surface area contributed by atoms with E-state index in [2.05, 4.69) is 15.3 Å². The van der Waals surface area contributed by atoms with Crippen LogP contribution in [-0.2, 0) is 32.0 Å². The van der Waals surface area contributed by atoms with Crippen molar-refractivity contribution in [2.75, 3.05) is 6.54 Å². The number of carbonyl (C=O) groups is 1. The summed E-state index contributed by atoms with van der Waals surface area (Å²) in [6.07, 6.45) is 1.40. The second kappa shape index (κ2) is 7.04. The molecule has 10 nitrogen and oxygen atoms in total. The molecule has 4 rings (SSSR count). The van der Waals surface area contributed by atoms with E-state index >= 15 is 0 Å². The number of aryl methyl sites for hydroxylation is 2. The van der Waals surface area contributed by atoms with Gasteiger partial charge < -0.3 is 14.5 Å². The molecule has 1 amide bonds. The molecule has 0 unspecified atom stereocenters. The number of hydrogen-bond donors (Lipinski definition) is 1. The number of amides is 1. The van der Waals surface area contributed by atoms with Gasteiger partial charge in [-0.2, -0.15) is 0 Å². The lowest BCUT2D eigenvalue weighted by Crippen LogP contribution is -2.38. The van der Waals surface area contributed by atoms with Crippen LogP contribution in [0.2, 0.25) is 0 Å². The number of fused-ring (bicyclic) bond motifs is 2. The Bertz CT molecular complexity index is 1360. The Morgan fingerprint density at radius 1 is 1.14 bits per heavy atom. The van der Waals surface area contributed by atoms with E-state index in [0.717, 1.165) is 21.4 Å². The average Bonchev–Trinajstić information content (AvgIpc) is 3.26. The van der Waals surface area contributed by atoms with Crippen molar-refractivity contribution in [3.8, 4) is 0 Å². The number of carbonyl (C=O) groups excluding carboxylic acids is 1. The molecule has 150 valence electrons. The molecule has 4 aromatic rings. The van der Waals surface area contributed by atoms with Crippen LogP contribution >= 0.6 is 0 Å². The first-order chi connectivity index (χ1) is 13.9. The number of imidazole rings is 2. The maximum Gasteiger partial charge on any atom is 0.332 e. The fourth-order valence-corrected chi connectivity index (χ4v) is 3.51. The summed E-state index contributed by atoms with van der Waals surface area (Å²) >= 11 is 0. The minimum atomic E-state index is -0.478. The number of hydrogen-bond acceptors (Lipinski definition) is 5. The van der Waals surface area contributed by atoms with E-state index < -0.39 is 11.2 Å². The van der Waals surface area contributed by atoms with E-state index in [4.69, 9.17) is 0 Å². The van der Waals surface area contributed by atoms with Crippen molar-refractivity contribution in [3.05, 3.63) is 57.3 Å². The molecular formula is C19H21N7O3. The zero-order valence-corrected chi connectivity index (χ0v) is 16.4. The third kappa shape index (κ3) is 3.12. The molecule has 3 aromatic heterocycles. The van der Waals surface area contributed by atoms with Gasteiger partial charge in [-0.15, -0.1) is 0 Å². The van der Waals surface area contributed by atoms with Crippen molar-refractivity contribution in [1.29, 1.82) is 0 Å². The maximum atomic E-state index is 12.4. The quantitative estimate of drug-likeness (QED) is 0.508. The van der Waals surface area contributed by atoms with Crippen molar-refractivity contribution < 1.29 is 4.79 Å². The van der Waals surface area contributed by atoms with Crippen molar-refractivity contribution in [2.24, 2.45) is 14.1 Å². The standard InChI is InChI=1S/C19H21N7O3/c1-12-22-13-6-4-5-7-14(13)26(12)9-8-20-15(27)10-25-11-21-17-16(25)18(28)24(3)19(29)23(17)2/h4-7,11H,8-10H2,1-3H3,(H,20,27). The highest BCUT2D eigenvalue weighted by molar-refractivity contribution is 5.79. The molecule has 3 heterocycles. The van der Waals surface area contributed by atoms with Crippen molar-refractivity contribution in [3.63, 3.8) is 0 Å². The Hall–Kier alpha value is -3.69. The van der Waals surface area contributed by atoms with Gasteiger partial charge in [-0.25, -0.2) is 14.8 Å². The van der Waals surface area contributed by atoms with Gasteiger partial charge in [0.15, 0.2) is 11.2 Å². The molecule has 0 saturated heterocycles. The van der Waals surface area contributed by atoms with Gasteiger partial charge in [-0.05, 0) is 19.1 Å². The van der Waals surface area contributed by atoms with Crippen LogP contribution in [0, 0.1) is 6.92 Å². The van der Waals surface area contributed by atoms with E-state index in [1.807, 2.05) is 35.8 Å². The van der Waals surface area contributed by atoms with Gasteiger partial charge in [0.1, 0.15) is 12.4 Å². The van der Waals surface area contributed by atoms with Gasteiger partial charge in [0, 0.05) is 27.2 Å². The van der Waals surface area contributed by atoms with E-state index in [1.165, 1.54) is 22.5 Å². The van der Waals surface area contributed by atoms with E-state index in [9.17, 15) is 14.4 Å². The van der Waals surface area contributed by atoms with Crippen LogP contribution in [0.25, 0.3) is 22.2 Å². The van der Waals surface area contributed by atoms with Crippen molar-refractivity contribution >= 4 is 28.1 Å². The number of nitrogens with one attached hydrogen (secondary N) is 1. The van der Waals surface area contributed by atoms with Gasteiger partial charge >= 0.3 is 5.69 Å². The van der Waals surface area contributed by atoms with Gasteiger partial charge in [0.05, 0.1) is 17.4 Å². The van der Waals surface area contributed by atoms with Gasteiger partial charge in [0.25, 0.3) is 5.56 Å². The van der Waals surface area contributed by atoms with Crippen LogP contribution in [0.15, 0.2) is 40.2 Å². The van der Waals surface area contributed by atoms with Crippen LogP contribution in [0.4, 0.5) is 0 Å². The minimum absolute atomic E-state index is 0.0619. The highest BCUT2D eigenvalue weighted by Crippen LogP contribution is 2.14. The molecule has 0 bridgehead atoms. The van der Waals surface area contributed by atoms with Crippen LogP contribution in [0.3, 0.4) is 0 Å². The first-order valence-corrected chi connectivity index (χ1v) is 9.18. The number of para-hydroxylation sites is 2. The number of rotatable bonds is 5. The van der Waals surface area contributed by atoms with Crippen LogP contribution in [0.1, 0.15) is 5.82 Å². The summed E-state index contributed by atoms with van der Waals surface area (Å²) in [6.45, 7) is 2.87. The lowest BCUT2D eigenvalue weighted by molar-refractivity contribution is -0.121. The zero-order chi connectivity index (χ0) is 20.7. The third-order valence-electron chi connectivity index (χ3n) is 5.03. The molecule has 0 aliphatic heterocycles. The third-order valence-corrected chi connectivity index (χ3v) is 5.03. The molecule has 1 aromatic carbocycles. The summed E-state index contributed by atoms with van der Waals surface area (Å²) in [5.74, 6) is 0.632. The van der Waals surface area contributed by atoms with Crippen molar-refractivity contribution in [1.82, 2.24) is 33.6 Å². The largest absolute Gasteiger partial charge is 0.353 e. The highest BCUT2D eigenvalue weighted by Gasteiger charge is 2.16. The van der Waals surface area contributed by atoms with Gasteiger partial charge in [-0.1, -0.05) is 12.1 Å². The lowest BCUT2D eigenvalue weighted by atomic mass is 10.3. The molecule has 0 aliphatic rings. The van der Waals surface area contributed by atoms with Crippen LogP contribution < -0.4 is 16.6 Å². The fourth-order valence-electron chi connectivity index (χ4n) is 3.51. The molecule has 10 heteroatoms. The maximum absolute atomic E-state index is 12.4. The van der Waals surface area contributed by atoms with Gasteiger partial charge in [0.2, 0.25) is 5.91 Å². The first kappa shape index (κ1) is 18.7. The molecule has 0 fully saturated rings. The predicted octanol–water partition coefficient (Wildman–Crippen LogP) is -0.0918. The molecular weight excluding hydrogens is 374 g/mol. The SMILES string of the molecule is Cc1nc2ccccc2n1CCNC(=O)Cn1cnc2c1c(=O)n(C)c(=O)n2C. The summed E-state index contributed by atoms with van der Waals surface area (Å²) < 4.78 is 5.81. The minimum Gasteiger partial charge on any atom is -0.353 e. The summed E-state index contributed by atoms with van der Waals surface area (Å²) in [5.41, 5.74) is 1.48.